The molecule has 0 atom stereocenters. The number of tetrazole rings is 1. The predicted molar refractivity (Wildman–Crippen MR) is 84.4 cm³/mol. The molecule has 3 aromatic rings. The lowest BCUT2D eigenvalue weighted by atomic mass is 9.77. The fraction of sp³-hybridized carbons (Fsp3) is 0.308. The molecule has 0 radical (unpaired) electrons. The normalized spacial score (nSPS) is 15.7. The number of hydrogen-bond acceptors (Lipinski definition) is 7. The third-order valence-electron chi connectivity index (χ3n) is 3.91. The largest absolute Gasteiger partial charge is 0.334 e. The van der Waals surface area contributed by atoms with E-state index in [1.165, 1.54) is 11.0 Å². The number of rotatable bonds is 3. The molecule has 0 saturated heterocycles. The van der Waals surface area contributed by atoms with Crippen LogP contribution in [0.25, 0.3) is 17.1 Å². The Bertz CT molecular complexity index is 814. The molecular formula is C13H13Cl2N7O. The summed E-state index contributed by atoms with van der Waals surface area (Å²) in [7, 11) is 0. The van der Waals surface area contributed by atoms with Crippen LogP contribution in [0.3, 0.4) is 0 Å². The molecule has 0 bridgehead atoms. The number of halogens is 2. The maximum Gasteiger partial charge on any atom is 0.259 e. The Morgan fingerprint density at radius 3 is 2.74 bits per heavy atom. The molecule has 2 N–H and O–H groups in total. The zero-order valence-electron chi connectivity index (χ0n) is 11.9. The molecule has 1 aromatic carbocycles. The Morgan fingerprint density at radius 2 is 2.13 bits per heavy atom. The van der Waals surface area contributed by atoms with Gasteiger partial charge >= 0.3 is 0 Å². The van der Waals surface area contributed by atoms with Gasteiger partial charge in [-0.25, -0.2) is 4.68 Å². The van der Waals surface area contributed by atoms with Crippen LogP contribution in [0, 0.1) is 0 Å². The van der Waals surface area contributed by atoms with Crippen molar-refractivity contribution in [3.63, 3.8) is 0 Å². The summed E-state index contributed by atoms with van der Waals surface area (Å²) in [6.07, 6.45) is 4.32. The van der Waals surface area contributed by atoms with Gasteiger partial charge in [-0.3, -0.25) is 0 Å². The maximum absolute atomic E-state index is 6.31. The van der Waals surface area contributed by atoms with Gasteiger partial charge in [0.15, 0.2) is 5.82 Å². The Morgan fingerprint density at radius 1 is 1.30 bits per heavy atom. The standard InChI is InChI=1S/C13H12ClN7O.ClH/c14-10-6-8(21-7-16-19-20-21)2-3-9(10)11-17-12(18-22-11)13(15)4-1-5-13;/h2-3,6-7H,1,4-5,15H2;1H. The summed E-state index contributed by atoms with van der Waals surface area (Å²) >= 11 is 6.31. The molecule has 120 valence electrons. The summed E-state index contributed by atoms with van der Waals surface area (Å²) in [6.45, 7) is 0. The van der Waals surface area contributed by atoms with Crippen LogP contribution in [-0.4, -0.2) is 30.3 Å². The second-order valence-electron chi connectivity index (χ2n) is 5.35. The van der Waals surface area contributed by atoms with Gasteiger partial charge in [-0.15, -0.1) is 17.5 Å². The fourth-order valence-electron chi connectivity index (χ4n) is 2.42. The highest BCUT2D eigenvalue weighted by molar-refractivity contribution is 6.33. The van der Waals surface area contributed by atoms with E-state index in [0.29, 0.717) is 22.3 Å². The van der Waals surface area contributed by atoms with E-state index >= 15 is 0 Å². The van der Waals surface area contributed by atoms with E-state index in [0.717, 1.165) is 24.9 Å². The van der Waals surface area contributed by atoms with Crippen LogP contribution in [-0.2, 0) is 5.54 Å². The quantitative estimate of drug-likeness (QED) is 0.767. The van der Waals surface area contributed by atoms with Crippen LogP contribution < -0.4 is 5.73 Å². The minimum Gasteiger partial charge on any atom is -0.334 e. The van der Waals surface area contributed by atoms with E-state index in [2.05, 4.69) is 25.7 Å². The van der Waals surface area contributed by atoms with Crippen molar-refractivity contribution in [2.75, 3.05) is 0 Å². The minimum absolute atomic E-state index is 0. The molecule has 0 amide bonds. The molecule has 0 aliphatic heterocycles. The van der Waals surface area contributed by atoms with Gasteiger partial charge in [-0.05, 0) is 47.9 Å². The van der Waals surface area contributed by atoms with Crippen molar-refractivity contribution >= 4 is 24.0 Å². The molecule has 2 aromatic heterocycles. The highest BCUT2D eigenvalue weighted by atomic mass is 35.5. The van der Waals surface area contributed by atoms with Crippen molar-refractivity contribution < 1.29 is 4.52 Å². The van der Waals surface area contributed by atoms with Gasteiger partial charge in [0.25, 0.3) is 5.89 Å². The second kappa shape index (κ2) is 5.88. The van der Waals surface area contributed by atoms with Crippen molar-refractivity contribution in [2.24, 2.45) is 5.73 Å². The van der Waals surface area contributed by atoms with Crippen molar-refractivity contribution in [1.29, 1.82) is 0 Å². The summed E-state index contributed by atoms with van der Waals surface area (Å²) < 4.78 is 6.82. The van der Waals surface area contributed by atoms with Crippen LogP contribution in [0.2, 0.25) is 5.02 Å². The Balaban J connectivity index is 0.00000156. The second-order valence-corrected chi connectivity index (χ2v) is 5.76. The number of nitrogens with zero attached hydrogens (tertiary/aromatic N) is 6. The molecule has 0 spiro atoms. The smallest absolute Gasteiger partial charge is 0.259 e. The lowest BCUT2D eigenvalue weighted by Crippen LogP contribution is -2.44. The van der Waals surface area contributed by atoms with Gasteiger partial charge in [-0.1, -0.05) is 16.8 Å². The lowest BCUT2D eigenvalue weighted by molar-refractivity contribution is 0.229. The van der Waals surface area contributed by atoms with Crippen molar-refractivity contribution in [1.82, 2.24) is 30.3 Å². The van der Waals surface area contributed by atoms with Crippen LogP contribution in [0.4, 0.5) is 0 Å². The van der Waals surface area contributed by atoms with Gasteiger partial charge in [0.2, 0.25) is 0 Å². The van der Waals surface area contributed by atoms with E-state index in [-0.39, 0.29) is 12.4 Å². The lowest BCUT2D eigenvalue weighted by Gasteiger charge is -2.34. The maximum atomic E-state index is 6.31. The summed E-state index contributed by atoms with van der Waals surface area (Å²) in [5.41, 5.74) is 7.14. The summed E-state index contributed by atoms with van der Waals surface area (Å²) in [5, 5.41) is 15.5. The Kier molecular flexibility index (Phi) is 4.05. The molecule has 4 rings (SSSR count). The van der Waals surface area contributed by atoms with E-state index in [9.17, 15) is 0 Å². The molecule has 2 heterocycles. The van der Waals surface area contributed by atoms with Crippen LogP contribution >= 0.6 is 24.0 Å². The highest BCUT2D eigenvalue weighted by Gasteiger charge is 2.39. The summed E-state index contributed by atoms with van der Waals surface area (Å²) in [5.74, 6) is 0.898. The topological polar surface area (TPSA) is 109 Å². The van der Waals surface area contributed by atoms with Crippen molar-refractivity contribution in [3.05, 3.63) is 35.4 Å². The van der Waals surface area contributed by atoms with Crippen LogP contribution in [0.1, 0.15) is 25.1 Å². The summed E-state index contributed by atoms with van der Waals surface area (Å²) in [6, 6.07) is 5.35. The molecule has 1 aliphatic rings. The summed E-state index contributed by atoms with van der Waals surface area (Å²) in [4.78, 5) is 4.39. The average molecular weight is 354 g/mol. The molecular weight excluding hydrogens is 341 g/mol. The third kappa shape index (κ3) is 2.69. The zero-order chi connectivity index (χ0) is 15.2. The van der Waals surface area contributed by atoms with Crippen molar-refractivity contribution in [3.8, 4) is 17.1 Å². The molecule has 8 nitrogen and oxygen atoms in total. The zero-order valence-corrected chi connectivity index (χ0v) is 13.5. The fourth-order valence-corrected chi connectivity index (χ4v) is 2.67. The predicted octanol–water partition coefficient (Wildman–Crippen LogP) is 2.13. The van der Waals surface area contributed by atoms with Gasteiger partial charge in [-0.2, -0.15) is 4.98 Å². The number of benzene rings is 1. The number of nitrogens with two attached hydrogens (primary N) is 1. The van der Waals surface area contributed by atoms with Gasteiger partial charge in [0.05, 0.1) is 21.8 Å². The minimum atomic E-state index is -0.458. The monoisotopic (exact) mass is 353 g/mol. The first-order valence-electron chi connectivity index (χ1n) is 6.82. The third-order valence-corrected chi connectivity index (χ3v) is 4.23. The van der Waals surface area contributed by atoms with E-state index < -0.39 is 5.54 Å². The molecule has 23 heavy (non-hydrogen) atoms. The van der Waals surface area contributed by atoms with Gasteiger partial charge in [0, 0.05) is 0 Å². The Labute approximate surface area is 142 Å². The molecule has 1 aliphatic carbocycles. The molecule has 0 unspecified atom stereocenters. The highest BCUT2D eigenvalue weighted by Crippen LogP contribution is 2.38. The first-order valence-corrected chi connectivity index (χ1v) is 7.20. The van der Waals surface area contributed by atoms with E-state index in [4.69, 9.17) is 21.9 Å². The number of aromatic nitrogens is 6. The van der Waals surface area contributed by atoms with Gasteiger partial charge < -0.3 is 10.3 Å². The van der Waals surface area contributed by atoms with Crippen LogP contribution in [0.15, 0.2) is 29.0 Å². The van der Waals surface area contributed by atoms with E-state index in [1.54, 1.807) is 12.1 Å². The van der Waals surface area contributed by atoms with Gasteiger partial charge in [0.1, 0.15) is 6.33 Å². The SMILES string of the molecule is Cl.NC1(c2noc(-c3ccc(-n4cnnn4)cc3Cl)n2)CCC1. The van der Waals surface area contributed by atoms with Crippen molar-refractivity contribution in [2.45, 2.75) is 24.8 Å². The first-order chi connectivity index (χ1) is 10.7. The average Bonchev–Trinajstić information content (AvgIpc) is 3.16. The van der Waals surface area contributed by atoms with Crippen LogP contribution in [0.5, 0.6) is 0 Å². The molecule has 1 saturated carbocycles. The molecule has 1 fully saturated rings. The first kappa shape index (κ1) is 15.9. The molecule has 10 heteroatoms. The Hall–Kier alpha value is -2.03. The number of hydrogen-bond donors (Lipinski definition) is 1. The van der Waals surface area contributed by atoms with E-state index in [1.807, 2.05) is 6.07 Å².